The summed E-state index contributed by atoms with van der Waals surface area (Å²) in [4.78, 5) is 20.9. The number of carbonyl (C=O) groups is 2. The largest absolute Gasteiger partial charge is 0.508 e. The molecule has 0 atom stereocenters. The van der Waals surface area contributed by atoms with Crippen molar-refractivity contribution in [3.63, 3.8) is 0 Å². The molecule has 1 rings (SSSR count). The Morgan fingerprint density at radius 2 is 1.71 bits per heavy atom. The standard InChI is InChI=1S/C10H10O4/c11-8-4-1-7(2-5-8)3-6-9(12)10(13)14/h1-2,4-5,11H,3,6H2,(H,13,14). The Hall–Kier alpha value is -1.84. The van der Waals surface area contributed by atoms with Gasteiger partial charge in [-0.3, -0.25) is 4.79 Å². The maximum Gasteiger partial charge on any atom is 0.372 e. The number of carboxylic acid groups (broad SMARTS) is 1. The molecule has 0 aliphatic heterocycles. The van der Waals surface area contributed by atoms with E-state index in [-0.39, 0.29) is 12.2 Å². The number of aryl methyl sites for hydroxylation is 1. The molecule has 1 aromatic rings. The second kappa shape index (κ2) is 4.41. The molecule has 4 heteroatoms. The number of rotatable bonds is 4. The Morgan fingerprint density at radius 1 is 1.14 bits per heavy atom. The van der Waals surface area contributed by atoms with Crippen molar-refractivity contribution in [1.82, 2.24) is 0 Å². The van der Waals surface area contributed by atoms with Crippen molar-refractivity contribution in [2.45, 2.75) is 12.8 Å². The minimum absolute atomic E-state index is 0.0138. The maximum atomic E-state index is 10.7. The van der Waals surface area contributed by atoms with Gasteiger partial charge >= 0.3 is 5.97 Å². The summed E-state index contributed by atoms with van der Waals surface area (Å²) in [6, 6.07) is 6.32. The van der Waals surface area contributed by atoms with Crippen LogP contribution in [0.3, 0.4) is 0 Å². The number of hydrogen-bond donors (Lipinski definition) is 2. The lowest BCUT2D eigenvalue weighted by Crippen LogP contribution is -2.12. The number of carbonyl (C=O) groups excluding carboxylic acids is 1. The van der Waals surface area contributed by atoms with Crippen LogP contribution >= 0.6 is 0 Å². The number of ketones is 1. The van der Waals surface area contributed by atoms with Gasteiger partial charge < -0.3 is 10.2 Å². The van der Waals surface area contributed by atoms with Gasteiger partial charge in [0.15, 0.2) is 0 Å². The van der Waals surface area contributed by atoms with E-state index in [2.05, 4.69) is 0 Å². The van der Waals surface area contributed by atoms with E-state index in [9.17, 15) is 9.59 Å². The quantitative estimate of drug-likeness (QED) is 0.700. The third-order valence-electron chi connectivity index (χ3n) is 1.82. The molecule has 0 heterocycles. The fraction of sp³-hybridized carbons (Fsp3) is 0.200. The first kappa shape index (κ1) is 10.2. The fourth-order valence-corrected chi connectivity index (χ4v) is 1.03. The van der Waals surface area contributed by atoms with Crippen molar-refractivity contribution in [3.8, 4) is 5.75 Å². The minimum atomic E-state index is -1.40. The van der Waals surface area contributed by atoms with Crippen LogP contribution in [0.1, 0.15) is 12.0 Å². The van der Waals surface area contributed by atoms with Crippen LogP contribution in [-0.2, 0) is 16.0 Å². The molecule has 74 valence electrons. The predicted molar refractivity (Wildman–Crippen MR) is 49.1 cm³/mol. The van der Waals surface area contributed by atoms with E-state index in [1.54, 1.807) is 12.1 Å². The van der Waals surface area contributed by atoms with Crippen molar-refractivity contribution in [1.29, 1.82) is 0 Å². The molecule has 0 amide bonds. The zero-order valence-corrected chi connectivity index (χ0v) is 7.43. The number of aliphatic carboxylic acids is 1. The average Bonchev–Trinajstić information content (AvgIpc) is 2.16. The number of phenolic OH excluding ortho intramolecular Hbond substituents is 1. The van der Waals surface area contributed by atoms with Crippen LogP contribution in [0.25, 0.3) is 0 Å². The third kappa shape index (κ3) is 2.90. The Kier molecular flexibility index (Phi) is 3.23. The lowest BCUT2D eigenvalue weighted by atomic mass is 10.1. The van der Waals surface area contributed by atoms with E-state index in [1.807, 2.05) is 0 Å². The van der Waals surface area contributed by atoms with Crippen molar-refractivity contribution < 1.29 is 19.8 Å². The topological polar surface area (TPSA) is 74.6 Å². The average molecular weight is 194 g/mol. The second-order valence-corrected chi connectivity index (χ2v) is 2.89. The molecular weight excluding hydrogens is 184 g/mol. The highest BCUT2D eigenvalue weighted by Crippen LogP contribution is 2.11. The van der Waals surface area contributed by atoms with E-state index >= 15 is 0 Å². The highest BCUT2D eigenvalue weighted by atomic mass is 16.4. The molecule has 0 saturated carbocycles. The Labute approximate surface area is 80.8 Å². The number of aromatic hydroxyl groups is 1. The molecule has 0 aromatic heterocycles. The molecule has 14 heavy (non-hydrogen) atoms. The van der Waals surface area contributed by atoms with Crippen LogP contribution in [0.5, 0.6) is 5.75 Å². The van der Waals surface area contributed by atoms with Crippen LogP contribution in [0.4, 0.5) is 0 Å². The van der Waals surface area contributed by atoms with Crippen molar-refractivity contribution >= 4 is 11.8 Å². The molecule has 0 spiro atoms. The van der Waals surface area contributed by atoms with Gasteiger partial charge in [0.25, 0.3) is 0 Å². The monoisotopic (exact) mass is 194 g/mol. The number of benzene rings is 1. The van der Waals surface area contributed by atoms with Gasteiger partial charge in [-0.1, -0.05) is 12.1 Å². The fourth-order valence-electron chi connectivity index (χ4n) is 1.03. The molecule has 0 bridgehead atoms. The molecule has 0 aliphatic rings. The Balaban J connectivity index is 2.50. The minimum Gasteiger partial charge on any atom is -0.508 e. The molecular formula is C10H10O4. The van der Waals surface area contributed by atoms with Crippen molar-refractivity contribution in [2.75, 3.05) is 0 Å². The summed E-state index contributed by atoms with van der Waals surface area (Å²) in [5, 5.41) is 17.3. The van der Waals surface area contributed by atoms with Gasteiger partial charge in [0.05, 0.1) is 0 Å². The van der Waals surface area contributed by atoms with Crippen LogP contribution in [-0.4, -0.2) is 22.0 Å². The predicted octanol–water partition coefficient (Wildman–Crippen LogP) is 0.978. The number of carboxylic acids is 1. The molecule has 0 fully saturated rings. The number of hydrogen-bond acceptors (Lipinski definition) is 3. The summed E-state index contributed by atoms with van der Waals surface area (Å²) in [5.41, 5.74) is 0.831. The summed E-state index contributed by atoms with van der Waals surface area (Å²) < 4.78 is 0. The van der Waals surface area contributed by atoms with Gasteiger partial charge in [-0.15, -0.1) is 0 Å². The van der Waals surface area contributed by atoms with Gasteiger partial charge in [0.1, 0.15) is 5.75 Å². The van der Waals surface area contributed by atoms with E-state index in [0.29, 0.717) is 6.42 Å². The van der Waals surface area contributed by atoms with Crippen molar-refractivity contribution in [3.05, 3.63) is 29.8 Å². The SMILES string of the molecule is O=C(O)C(=O)CCc1ccc(O)cc1. The van der Waals surface area contributed by atoms with Gasteiger partial charge in [0, 0.05) is 6.42 Å². The number of Topliss-reactive ketones (excluding diaryl/α,β-unsaturated/α-hetero) is 1. The number of phenols is 1. The van der Waals surface area contributed by atoms with Gasteiger partial charge in [-0.25, -0.2) is 4.79 Å². The molecule has 1 aromatic carbocycles. The molecule has 0 radical (unpaired) electrons. The Morgan fingerprint density at radius 3 is 2.21 bits per heavy atom. The maximum absolute atomic E-state index is 10.7. The third-order valence-corrected chi connectivity index (χ3v) is 1.82. The highest BCUT2D eigenvalue weighted by molar-refractivity contribution is 6.32. The molecule has 0 aliphatic carbocycles. The van der Waals surface area contributed by atoms with Crippen LogP contribution in [0.2, 0.25) is 0 Å². The van der Waals surface area contributed by atoms with Gasteiger partial charge in [-0.05, 0) is 24.1 Å². The molecule has 0 saturated heterocycles. The highest BCUT2D eigenvalue weighted by Gasteiger charge is 2.10. The van der Waals surface area contributed by atoms with Crippen LogP contribution in [0.15, 0.2) is 24.3 Å². The summed E-state index contributed by atoms with van der Waals surface area (Å²) in [6.45, 7) is 0. The summed E-state index contributed by atoms with van der Waals surface area (Å²) in [5.74, 6) is -2.04. The van der Waals surface area contributed by atoms with E-state index in [4.69, 9.17) is 10.2 Å². The van der Waals surface area contributed by atoms with Gasteiger partial charge in [-0.2, -0.15) is 0 Å². The normalized spacial score (nSPS) is 9.71. The van der Waals surface area contributed by atoms with Crippen molar-refractivity contribution in [2.24, 2.45) is 0 Å². The first-order valence-corrected chi connectivity index (χ1v) is 4.13. The lowest BCUT2D eigenvalue weighted by molar-refractivity contribution is -0.149. The van der Waals surface area contributed by atoms with E-state index < -0.39 is 11.8 Å². The van der Waals surface area contributed by atoms with E-state index in [1.165, 1.54) is 12.1 Å². The summed E-state index contributed by atoms with van der Waals surface area (Å²) in [7, 11) is 0. The van der Waals surface area contributed by atoms with E-state index in [0.717, 1.165) is 5.56 Å². The second-order valence-electron chi connectivity index (χ2n) is 2.89. The summed E-state index contributed by atoms with van der Waals surface area (Å²) >= 11 is 0. The molecule has 0 unspecified atom stereocenters. The van der Waals surface area contributed by atoms with Crippen LogP contribution in [0, 0.1) is 0 Å². The molecule has 2 N–H and O–H groups in total. The first-order valence-electron chi connectivity index (χ1n) is 4.13. The smallest absolute Gasteiger partial charge is 0.372 e. The van der Waals surface area contributed by atoms with Crippen LogP contribution < -0.4 is 0 Å². The molecule has 4 nitrogen and oxygen atoms in total. The Bertz CT molecular complexity index is 340. The zero-order valence-electron chi connectivity index (χ0n) is 7.43. The van der Waals surface area contributed by atoms with Gasteiger partial charge in [0.2, 0.25) is 5.78 Å². The first-order chi connectivity index (χ1) is 6.59. The zero-order chi connectivity index (χ0) is 10.6. The summed E-state index contributed by atoms with van der Waals surface area (Å²) in [6.07, 6.45) is 0.367. The lowest BCUT2D eigenvalue weighted by Gasteiger charge is -1.98.